The van der Waals surface area contributed by atoms with Crippen LogP contribution in [-0.2, 0) is 4.74 Å². The zero-order valence-corrected chi connectivity index (χ0v) is 9.05. The molecule has 0 radical (unpaired) electrons. The highest BCUT2D eigenvalue weighted by Crippen LogP contribution is 2.51. The molecule has 0 saturated heterocycles. The van der Waals surface area contributed by atoms with Crippen LogP contribution >= 0.6 is 0 Å². The van der Waals surface area contributed by atoms with Crippen LogP contribution in [-0.4, -0.2) is 37.0 Å². The largest absolute Gasteiger partial charge is 0.395 e. The van der Waals surface area contributed by atoms with Gasteiger partial charge in [0, 0.05) is 25.1 Å². The van der Waals surface area contributed by atoms with Crippen molar-refractivity contribution in [3.63, 3.8) is 0 Å². The van der Waals surface area contributed by atoms with Crippen molar-refractivity contribution in [2.75, 3.05) is 20.3 Å². The van der Waals surface area contributed by atoms with Gasteiger partial charge in [-0.3, -0.25) is 0 Å². The van der Waals surface area contributed by atoms with Gasteiger partial charge in [-0.15, -0.1) is 0 Å². The number of ether oxygens (including phenoxy) is 1. The zero-order chi connectivity index (χ0) is 10.1. The van der Waals surface area contributed by atoms with Crippen LogP contribution < -0.4 is 5.32 Å². The fourth-order valence-electron chi connectivity index (χ4n) is 2.06. The number of aliphatic hydroxyl groups excluding tert-OH is 1. The molecule has 0 heterocycles. The summed E-state index contributed by atoms with van der Waals surface area (Å²) in [7, 11) is 1.77. The topological polar surface area (TPSA) is 41.5 Å². The van der Waals surface area contributed by atoms with Crippen LogP contribution in [0.3, 0.4) is 0 Å². The minimum Gasteiger partial charge on any atom is -0.395 e. The van der Waals surface area contributed by atoms with Crippen molar-refractivity contribution in [1.29, 1.82) is 0 Å². The second-order valence-electron chi connectivity index (χ2n) is 4.59. The van der Waals surface area contributed by atoms with Gasteiger partial charge in [-0.2, -0.15) is 0 Å². The SMILES string of the molecule is COC1(C)CC(NCCO)C1(C)C. The minimum absolute atomic E-state index is 0.0138. The fraction of sp³-hybridized carbons (Fsp3) is 1.00. The molecular formula is C10H21NO2. The molecule has 3 heteroatoms. The van der Waals surface area contributed by atoms with E-state index in [-0.39, 0.29) is 17.6 Å². The molecule has 1 aliphatic rings. The first-order valence-electron chi connectivity index (χ1n) is 4.87. The van der Waals surface area contributed by atoms with Crippen LogP contribution in [0.1, 0.15) is 27.2 Å². The summed E-state index contributed by atoms with van der Waals surface area (Å²) in [5, 5.41) is 12.0. The third-order valence-corrected chi connectivity index (χ3v) is 3.78. The Morgan fingerprint density at radius 2 is 2.08 bits per heavy atom. The highest BCUT2D eigenvalue weighted by molar-refractivity contribution is 5.11. The Morgan fingerprint density at radius 3 is 2.46 bits per heavy atom. The molecule has 2 N–H and O–H groups in total. The van der Waals surface area contributed by atoms with Gasteiger partial charge in [-0.25, -0.2) is 0 Å². The molecule has 0 spiro atoms. The van der Waals surface area contributed by atoms with E-state index >= 15 is 0 Å². The van der Waals surface area contributed by atoms with Crippen LogP contribution in [0, 0.1) is 5.41 Å². The van der Waals surface area contributed by atoms with Gasteiger partial charge < -0.3 is 15.2 Å². The lowest BCUT2D eigenvalue weighted by Gasteiger charge is -2.59. The Kier molecular flexibility index (Phi) is 3.00. The standard InChI is InChI=1S/C10H21NO2/c1-9(2)8(11-5-6-12)7-10(9,3)13-4/h8,11-12H,5-7H2,1-4H3. The van der Waals surface area contributed by atoms with Crippen LogP contribution in [0.15, 0.2) is 0 Å². The van der Waals surface area contributed by atoms with E-state index in [9.17, 15) is 0 Å². The summed E-state index contributed by atoms with van der Waals surface area (Å²) in [6.45, 7) is 7.43. The van der Waals surface area contributed by atoms with Crippen LogP contribution in [0.5, 0.6) is 0 Å². The van der Waals surface area contributed by atoms with E-state index in [0.29, 0.717) is 12.6 Å². The van der Waals surface area contributed by atoms with E-state index in [1.165, 1.54) is 0 Å². The van der Waals surface area contributed by atoms with Gasteiger partial charge >= 0.3 is 0 Å². The van der Waals surface area contributed by atoms with Crippen molar-refractivity contribution >= 4 is 0 Å². The molecule has 2 unspecified atom stereocenters. The van der Waals surface area contributed by atoms with Gasteiger partial charge in [0.25, 0.3) is 0 Å². The van der Waals surface area contributed by atoms with Gasteiger partial charge in [0.2, 0.25) is 0 Å². The van der Waals surface area contributed by atoms with Crippen molar-refractivity contribution < 1.29 is 9.84 Å². The zero-order valence-electron chi connectivity index (χ0n) is 9.05. The predicted molar refractivity (Wildman–Crippen MR) is 52.7 cm³/mol. The van der Waals surface area contributed by atoms with E-state index < -0.39 is 0 Å². The summed E-state index contributed by atoms with van der Waals surface area (Å²) in [6, 6.07) is 0.463. The summed E-state index contributed by atoms with van der Waals surface area (Å²) in [4.78, 5) is 0. The van der Waals surface area contributed by atoms with Crippen LogP contribution in [0.25, 0.3) is 0 Å². The molecule has 0 aliphatic heterocycles. The van der Waals surface area contributed by atoms with Gasteiger partial charge in [0.05, 0.1) is 12.2 Å². The maximum atomic E-state index is 8.70. The Hall–Kier alpha value is -0.120. The first kappa shape index (κ1) is 11.0. The number of hydrogen-bond acceptors (Lipinski definition) is 3. The predicted octanol–water partition coefficient (Wildman–Crippen LogP) is 0.772. The summed E-state index contributed by atoms with van der Waals surface area (Å²) in [5.74, 6) is 0. The molecule has 1 fully saturated rings. The normalized spacial score (nSPS) is 37.2. The lowest BCUT2D eigenvalue weighted by molar-refractivity contribution is -0.180. The second kappa shape index (κ2) is 3.56. The van der Waals surface area contributed by atoms with Crippen molar-refractivity contribution in [2.45, 2.75) is 38.8 Å². The molecule has 78 valence electrons. The highest BCUT2D eigenvalue weighted by Gasteiger charge is 2.57. The Labute approximate surface area is 80.5 Å². The molecule has 0 bridgehead atoms. The van der Waals surface area contributed by atoms with Gasteiger partial charge in [-0.1, -0.05) is 13.8 Å². The number of aliphatic hydroxyl groups is 1. The summed E-state index contributed by atoms with van der Waals surface area (Å²) in [6.07, 6.45) is 1.02. The average Bonchev–Trinajstić information content (AvgIpc) is 2.11. The molecule has 2 atom stereocenters. The fourth-order valence-corrected chi connectivity index (χ4v) is 2.06. The van der Waals surface area contributed by atoms with Crippen molar-refractivity contribution in [2.24, 2.45) is 5.41 Å². The molecule has 0 aromatic carbocycles. The maximum Gasteiger partial charge on any atom is 0.0731 e. The summed E-state index contributed by atoms with van der Waals surface area (Å²) in [5.41, 5.74) is 0.136. The summed E-state index contributed by atoms with van der Waals surface area (Å²) >= 11 is 0. The van der Waals surface area contributed by atoms with E-state index in [2.05, 4.69) is 26.1 Å². The molecule has 1 rings (SSSR count). The van der Waals surface area contributed by atoms with Crippen molar-refractivity contribution in [3.8, 4) is 0 Å². The van der Waals surface area contributed by atoms with E-state index in [1.807, 2.05) is 0 Å². The average molecular weight is 187 g/mol. The van der Waals surface area contributed by atoms with E-state index in [0.717, 1.165) is 6.42 Å². The lowest BCUT2D eigenvalue weighted by atomic mass is 9.56. The minimum atomic E-state index is -0.0138. The molecule has 0 aromatic rings. The third-order valence-electron chi connectivity index (χ3n) is 3.78. The molecule has 0 aromatic heterocycles. The smallest absolute Gasteiger partial charge is 0.0731 e. The van der Waals surface area contributed by atoms with Crippen molar-refractivity contribution in [3.05, 3.63) is 0 Å². The molecular weight excluding hydrogens is 166 g/mol. The number of nitrogens with one attached hydrogen (secondary N) is 1. The monoisotopic (exact) mass is 187 g/mol. The number of methoxy groups -OCH3 is 1. The van der Waals surface area contributed by atoms with E-state index in [4.69, 9.17) is 9.84 Å². The van der Waals surface area contributed by atoms with Gasteiger partial charge in [-0.05, 0) is 13.3 Å². The quantitative estimate of drug-likeness (QED) is 0.683. The highest BCUT2D eigenvalue weighted by atomic mass is 16.5. The van der Waals surface area contributed by atoms with Crippen molar-refractivity contribution in [1.82, 2.24) is 5.32 Å². The molecule has 1 saturated carbocycles. The Bertz CT molecular complexity index is 182. The molecule has 13 heavy (non-hydrogen) atoms. The third kappa shape index (κ3) is 1.60. The van der Waals surface area contributed by atoms with Gasteiger partial charge in [0.1, 0.15) is 0 Å². The lowest BCUT2D eigenvalue weighted by Crippen LogP contribution is -2.68. The molecule has 3 nitrogen and oxygen atoms in total. The first-order chi connectivity index (χ1) is 5.98. The molecule has 1 aliphatic carbocycles. The number of hydrogen-bond donors (Lipinski definition) is 2. The van der Waals surface area contributed by atoms with Gasteiger partial charge in [0.15, 0.2) is 0 Å². The maximum absolute atomic E-state index is 8.70. The van der Waals surface area contributed by atoms with E-state index in [1.54, 1.807) is 7.11 Å². The van der Waals surface area contributed by atoms with Crippen LogP contribution in [0.4, 0.5) is 0 Å². The second-order valence-corrected chi connectivity index (χ2v) is 4.59. The first-order valence-corrected chi connectivity index (χ1v) is 4.87. The Morgan fingerprint density at radius 1 is 1.46 bits per heavy atom. The Balaban J connectivity index is 2.49. The summed E-state index contributed by atoms with van der Waals surface area (Å²) < 4.78 is 5.50. The number of rotatable bonds is 4. The van der Waals surface area contributed by atoms with Crippen LogP contribution in [0.2, 0.25) is 0 Å². The molecule has 0 amide bonds.